The number of hydrazine groups is 1. The molecule has 0 saturated heterocycles. The molecule has 0 heterocycles. The fourth-order valence-electron chi connectivity index (χ4n) is 0.830. The van der Waals surface area contributed by atoms with Gasteiger partial charge in [0, 0.05) is 0 Å². The van der Waals surface area contributed by atoms with E-state index in [0.717, 1.165) is 5.56 Å². The quantitative estimate of drug-likeness (QED) is 0.549. The standard InChI is InChI=1S/C7H7F3N2.ClH/c1-6-3-2-4-7(5-6)11(8)12(9)10;/h2-5H,1H3;1H. The van der Waals surface area contributed by atoms with Crippen molar-refractivity contribution >= 4 is 18.1 Å². The van der Waals surface area contributed by atoms with Crippen molar-refractivity contribution in [2.45, 2.75) is 6.92 Å². The number of hydrogen-bond donors (Lipinski definition) is 0. The van der Waals surface area contributed by atoms with Crippen LogP contribution < -0.4 is 5.23 Å². The Morgan fingerprint density at radius 2 is 1.77 bits per heavy atom. The maximum atomic E-state index is 12.4. The Balaban J connectivity index is 0.00000144. The molecule has 0 saturated carbocycles. The molecule has 0 N–H and O–H groups in total. The van der Waals surface area contributed by atoms with Crippen LogP contribution in [0.1, 0.15) is 5.56 Å². The highest BCUT2D eigenvalue weighted by Gasteiger charge is 2.13. The lowest BCUT2D eigenvalue weighted by molar-refractivity contribution is -0.196. The molecular weight excluding hydrogens is 205 g/mol. The molecule has 0 aromatic heterocycles. The minimum Gasteiger partial charge on any atom is -0.147 e. The number of anilines is 1. The fourth-order valence-corrected chi connectivity index (χ4v) is 0.830. The first-order valence-corrected chi connectivity index (χ1v) is 3.25. The van der Waals surface area contributed by atoms with Crippen molar-refractivity contribution in [2.24, 2.45) is 0 Å². The van der Waals surface area contributed by atoms with E-state index in [4.69, 9.17) is 0 Å². The third-order valence-corrected chi connectivity index (χ3v) is 1.35. The van der Waals surface area contributed by atoms with Crippen LogP contribution in [0.15, 0.2) is 24.3 Å². The van der Waals surface area contributed by atoms with Crippen molar-refractivity contribution in [1.82, 2.24) is 5.45 Å². The number of halogens is 4. The first kappa shape index (κ1) is 12.1. The van der Waals surface area contributed by atoms with Crippen molar-refractivity contribution in [3.05, 3.63) is 29.8 Å². The average molecular weight is 213 g/mol. The second-order valence-electron chi connectivity index (χ2n) is 2.31. The van der Waals surface area contributed by atoms with Crippen molar-refractivity contribution in [1.29, 1.82) is 0 Å². The Hall–Kier alpha value is -0.940. The average Bonchev–Trinajstić information content (AvgIpc) is 2.03. The number of rotatable bonds is 2. The highest BCUT2D eigenvalue weighted by molar-refractivity contribution is 5.85. The number of nitrogens with zero attached hydrogens (tertiary/aromatic N) is 2. The monoisotopic (exact) mass is 212 g/mol. The van der Waals surface area contributed by atoms with Gasteiger partial charge in [0.15, 0.2) is 5.45 Å². The molecule has 0 spiro atoms. The molecule has 1 aromatic rings. The maximum absolute atomic E-state index is 12.4. The first-order chi connectivity index (χ1) is 5.61. The van der Waals surface area contributed by atoms with E-state index >= 15 is 0 Å². The first-order valence-electron chi connectivity index (χ1n) is 3.25. The Kier molecular flexibility index (Phi) is 4.58. The van der Waals surface area contributed by atoms with Crippen LogP contribution >= 0.6 is 12.4 Å². The molecule has 0 unspecified atom stereocenters. The highest BCUT2D eigenvalue weighted by Crippen LogP contribution is 2.18. The predicted molar refractivity (Wildman–Crippen MR) is 46.1 cm³/mol. The van der Waals surface area contributed by atoms with Gasteiger partial charge < -0.3 is 0 Å². The van der Waals surface area contributed by atoms with Crippen LogP contribution in [-0.2, 0) is 0 Å². The van der Waals surface area contributed by atoms with E-state index in [-0.39, 0.29) is 18.1 Å². The molecule has 6 heteroatoms. The van der Waals surface area contributed by atoms with E-state index in [2.05, 4.69) is 0 Å². The van der Waals surface area contributed by atoms with Gasteiger partial charge >= 0.3 is 0 Å². The Morgan fingerprint density at radius 3 is 2.23 bits per heavy atom. The summed E-state index contributed by atoms with van der Waals surface area (Å²) < 4.78 is 35.7. The van der Waals surface area contributed by atoms with Crippen LogP contribution in [0.4, 0.5) is 19.1 Å². The van der Waals surface area contributed by atoms with E-state index in [0.29, 0.717) is 0 Å². The van der Waals surface area contributed by atoms with Crippen molar-refractivity contribution in [3.63, 3.8) is 0 Å². The zero-order chi connectivity index (χ0) is 9.14. The summed E-state index contributed by atoms with van der Waals surface area (Å²) in [6.45, 7) is 1.69. The molecule has 1 rings (SSSR count). The summed E-state index contributed by atoms with van der Waals surface area (Å²) in [6.07, 6.45) is 0. The summed E-state index contributed by atoms with van der Waals surface area (Å²) in [5.41, 5.74) is -1.09. The van der Waals surface area contributed by atoms with Gasteiger partial charge in [-0.25, -0.2) is 0 Å². The van der Waals surface area contributed by atoms with Gasteiger partial charge in [-0.1, -0.05) is 30.8 Å². The van der Waals surface area contributed by atoms with Crippen LogP contribution in [0.2, 0.25) is 0 Å². The molecule has 1 aromatic carbocycles. The highest BCUT2D eigenvalue weighted by atomic mass is 35.5. The van der Waals surface area contributed by atoms with Crippen molar-refractivity contribution in [3.8, 4) is 0 Å². The second-order valence-corrected chi connectivity index (χ2v) is 2.31. The second kappa shape index (κ2) is 4.94. The SMILES string of the molecule is Cc1cccc(N(F)N(F)F)c1.Cl. The minimum absolute atomic E-state index is 0. The van der Waals surface area contributed by atoms with E-state index in [1.165, 1.54) is 18.2 Å². The molecule has 0 radical (unpaired) electrons. The van der Waals surface area contributed by atoms with Crippen LogP contribution in [0.25, 0.3) is 0 Å². The lowest BCUT2D eigenvalue weighted by Gasteiger charge is -2.11. The number of benzene rings is 1. The third-order valence-electron chi connectivity index (χ3n) is 1.35. The fraction of sp³-hybridized carbons (Fsp3) is 0.143. The lowest BCUT2D eigenvalue weighted by Crippen LogP contribution is -2.21. The summed E-state index contributed by atoms with van der Waals surface area (Å²) in [7, 11) is 0. The molecule has 0 amide bonds. The summed E-state index contributed by atoms with van der Waals surface area (Å²) in [4.78, 5) is 0. The summed E-state index contributed by atoms with van der Waals surface area (Å²) in [5.74, 6) is 0. The van der Waals surface area contributed by atoms with E-state index in [1.54, 1.807) is 13.0 Å². The Labute approximate surface area is 79.7 Å². The normalized spacial score (nSPS) is 9.62. The van der Waals surface area contributed by atoms with Crippen LogP contribution in [0.3, 0.4) is 0 Å². The molecule has 0 aliphatic rings. The molecule has 0 aliphatic heterocycles. The predicted octanol–water partition coefficient (Wildman–Crippen LogP) is 3.09. The van der Waals surface area contributed by atoms with Crippen molar-refractivity contribution < 1.29 is 13.4 Å². The van der Waals surface area contributed by atoms with Gasteiger partial charge in [-0.15, -0.1) is 12.4 Å². The van der Waals surface area contributed by atoms with Gasteiger partial charge in [0.05, 0.1) is 5.69 Å². The topological polar surface area (TPSA) is 6.48 Å². The van der Waals surface area contributed by atoms with Gasteiger partial charge in [0.25, 0.3) is 0 Å². The third kappa shape index (κ3) is 3.12. The molecule has 74 valence electrons. The van der Waals surface area contributed by atoms with E-state index in [1.807, 2.05) is 0 Å². The van der Waals surface area contributed by atoms with Gasteiger partial charge in [-0.05, 0) is 24.6 Å². The Bertz CT molecular complexity index is 270. The van der Waals surface area contributed by atoms with Gasteiger partial charge in [0.2, 0.25) is 0 Å². The van der Waals surface area contributed by atoms with Gasteiger partial charge in [0.1, 0.15) is 0 Å². The molecular formula is C7H8ClF3N2. The minimum atomic E-state index is -1.62. The molecule has 0 bridgehead atoms. The number of aryl methyl sites for hydroxylation is 1. The molecule has 13 heavy (non-hydrogen) atoms. The molecule has 0 aliphatic carbocycles. The zero-order valence-corrected chi connectivity index (χ0v) is 7.56. The zero-order valence-electron chi connectivity index (χ0n) is 6.75. The molecule has 0 atom stereocenters. The van der Waals surface area contributed by atoms with Crippen LogP contribution in [-0.4, -0.2) is 5.45 Å². The van der Waals surface area contributed by atoms with Gasteiger partial charge in [-0.3, -0.25) is 0 Å². The number of hydrogen-bond acceptors (Lipinski definition) is 2. The van der Waals surface area contributed by atoms with Crippen LogP contribution in [0.5, 0.6) is 0 Å². The van der Waals surface area contributed by atoms with Crippen LogP contribution in [0, 0.1) is 6.92 Å². The molecule has 2 nitrogen and oxygen atoms in total. The summed E-state index contributed by atoms with van der Waals surface area (Å²) >= 11 is 0. The smallest absolute Gasteiger partial charge is 0.147 e. The molecule has 0 fully saturated rings. The largest absolute Gasteiger partial charge is 0.151 e. The lowest BCUT2D eigenvalue weighted by atomic mass is 10.2. The Morgan fingerprint density at radius 1 is 1.15 bits per heavy atom. The maximum Gasteiger partial charge on any atom is 0.151 e. The van der Waals surface area contributed by atoms with E-state index < -0.39 is 10.7 Å². The van der Waals surface area contributed by atoms with E-state index in [9.17, 15) is 13.4 Å². The van der Waals surface area contributed by atoms with Gasteiger partial charge in [-0.2, -0.15) is 0 Å². The summed E-state index contributed by atoms with van der Waals surface area (Å²) in [5, 5.41) is -0.729. The van der Waals surface area contributed by atoms with Crippen molar-refractivity contribution in [2.75, 3.05) is 5.23 Å². The summed E-state index contributed by atoms with van der Waals surface area (Å²) in [6, 6.07) is 5.75.